The van der Waals surface area contributed by atoms with Crippen LogP contribution in [0.5, 0.6) is 0 Å². The summed E-state index contributed by atoms with van der Waals surface area (Å²) in [5.74, 6) is 1.46. The van der Waals surface area contributed by atoms with Crippen LogP contribution in [0.25, 0.3) is 0 Å². The number of benzene rings is 1. The Morgan fingerprint density at radius 2 is 1.92 bits per heavy atom. The van der Waals surface area contributed by atoms with E-state index in [0.717, 1.165) is 11.3 Å². The third-order valence-electron chi connectivity index (χ3n) is 3.59. The number of aliphatic imine (C=N–C) groups is 1. The van der Waals surface area contributed by atoms with Crippen LogP contribution < -0.4 is 10.6 Å². The van der Waals surface area contributed by atoms with Crippen molar-refractivity contribution in [1.82, 2.24) is 10.6 Å². The minimum Gasteiger partial charge on any atom is -0.467 e. The predicted octanol–water partition coefficient (Wildman–Crippen LogP) is 3.68. The molecular weight excluding hydrogens is 352 g/mol. The third-order valence-corrected chi connectivity index (χ3v) is 4.46. The molecule has 26 heavy (non-hydrogen) atoms. The van der Waals surface area contributed by atoms with Crippen LogP contribution in [0.15, 0.2) is 69.6 Å². The molecule has 0 unspecified atom stereocenters. The number of nitrogens with one attached hydrogen (secondary N) is 2. The standard InChI is InChI=1S/C18H18N4O3S/c23-22(24)15-7-5-14(6-8-15)11-19-18(20-12-16-3-1-9-25-16)21-13-17-4-2-10-26-17/h1-10H,11-13H2,(H2,19,20,21). The van der Waals surface area contributed by atoms with Gasteiger partial charge in [0.05, 0.1) is 30.8 Å². The van der Waals surface area contributed by atoms with E-state index in [9.17, 15) is 10.1 Å². The van der Waals surface area contributed by atoms with Crippen molar-refractivity contribution < 1.29 is 9.34 Å². The van der Waals surface area contributed by atoms with E-state index in [1.54, 1.807) is 29.7 Å². The molecule has 2 aromatic heterocycles. The van der Waals surface area contributed by atoms with Crippen LogP contribution in [0, 0.1) is 10.1 Å². The van der Waals surface area contributed by atoms with Gasteiger partial charge in [-0.2, -0.15) is 0 Å². The number of furan rings is 1. The molecule has 0 saturated carbocycles. The third kappa shape index (κ3) is 5.18. The molecule has 0 aliphatic carbocycles. The largest absolute Gasteiger partial charge is 0.467 e. The summed E-state index contributed by atoms with van der Waals surface area (Å²) in [6.07, 6.45) is 1.63. The number of non-ortho nitro benzene ring substituents is 1. The van der Waals surface area contributed by atoms with Crippen molar-refractivity contribution in [1.29, 1.82) is 0 Å². The zero-order chi connectivity index (χ0) is 18.2. The zero-order valence-corrected chi connectivity index (χ0v) is 14.7. The van der Waals surface area contributed by atoms with Crippen LogP contribution in [0.2, 0.25) is 0 Å². The lowest BCUT2D eigenvalue weighted by Crippen LogP contribution is -2.36. The summed E-state index contributed by atoms with van der Waals surface area (Å²) in [5.41, 5.74) is 0.968. The molecule has 2 N–H and O–H groups in total. The second kappa shape index (κ2) is 8.82. The van der Waals surface area contributed by atoms with Crippen molar-refractivity contribution in [3.05, 3.63) is 86.5 Å². The summed E-state index contributed by atoms with van der Waals surface area (Å²) in [7, 11) is 0. The quantitative estimate of drug-likeness (QED) is 0.286. The second-order valence-electron chi connectivity index (χ2n) is 5.45. The first-order valence-electron chi connectivity index (χ1n) is 8.01. The minimum absolute atomic E-state index is 0.0738. The molecule has 1 aromatic carbocycles. The maximum atomic E-state index is 10.7. The van der Waals surface area contributed by atoms with Crippen LogP contribution in [-0.4, -0.2) is 10.9 Å². The van der Waals surface area contributed by atoms with Gasteiger partial charge in [0, 0.05) is 17.0 Å². The molecule has 0 spiro atoms. The number of hydrogen-bond acceptors (Lipinski definition) is 5. The Morgan fingerprint density at radius 3 is 2.58 bits per heavy atom. The Labute approximate surface area is 154 Å². The number of hydrogen-bond donors (Lipinski definition) is 2. The number of nitro groups is 1. The maximum Gasteiger partial charge on any atom is 0.269 e. The van der Waals surface area contributed by atoms with Crippen molar-refractivity contribution in [3.63, 3.8) is 0 Å². The van der Waals surface area contributed by atoms with Gasteiger partial charge in [0.1, 0.15) is 5.76 Å². The summed E-state index contributed by atoms with van der Waals surface area (Å²) in [4.78, 5) is 16.1. The van der Waals surface area contributed by atoms with Crippen molar-refractivity contribution in [2.24, 2.45) is 4.99 Å². The molecule has 0 aliphatic rings. The normalized spacial score (nSPS) is 11.3. The van der Waals surface area contributed by atoms with Gasteiger partial charge in [-0.05, 0) is 29.1 Å². The van der Waals surface area contributed by atoms with E-state index in [1.165, 1.54) is 17.0 Å². The molecule has 0 amide bonds. The lowest BCUT2D eigenvalue weighted by atomic mass is 10.2. The first-order valence-corrected chi connectivity index (χ1v) is 8.89. The highest BCUT2D eigenvalue weighted by atomic mass is 32.1. The van der Waals surface area contributed by atoms with Gasteiger partial charge in [-0.3, -0.25) is 10.1 Å². The first-order chi connectivity index (χ1) is 12.7. The molecule has 7 nitrogen and oxygen atoms in total. The molecule has 0 bridgehead atoms. The molecule has 0 atom stereocenters. The van der Waals surface area contributed by atoms with E-state index >= 15 is 0 Å². The van der Waals surface area contributed by atoms with E-state index in [2.05, 4.69) is 21.7 Å². The Hall–Kier alpha value is -3.13. The van der Waals surface area contributed by atoms with Crippen molar-refractivity contribution in [3.8, 4) is 0 Å². The molecule has 0 saturated heterocycles. The summed E-state index contributed by atoms with van der Waals surface area (Å²) in [5, 5.41) is 19.3. The van der Waals surface area contributed by atoms with E-state index in [0.29, 0.717) is 25.6 Å². The van der Waals surface area contributed by atoms with Crippen molar-refractivity contribution in [2.45, 2.75) is 19.6 Å². The van der Waals surface area contributed by atoms with E-state index in [4.69, 9.17) is 4.42 Å². The van der Waals surface area contributed by atoms with Crippen molar-refractivity contribution >= 4 is 23.0 Å². The predicted molar refractivity (Wildman–Crippen MR) is 101 cm³/mol. The SMILES string of the molecule is O=[N+]([O-])c1ccc(CN=C(NCc2ccco2)NCc2cccs2)cc1. The highest BCUT2D eigenvalue weighted by Gasteiger charge is 2.05. The van der Waals surface area contributed by atoms with E-state index < -0.39 is 4.92 Å². The fourth-order valence-electron chi connectivity index (χ4n) is 2.24. The molecule has 3 rings (SSSR count). The number of rotatable bonds is 7. The number of thiophene rings is 1. The average Bonchev–Trinajstić information content (AvgIpc) is 3.35. The fraction of sp³-hybridized carbons (Fsp3) is 0.167. The molecule has 2 heterocycles. The molecular formula is C18H18N4O3S. The molecule has 0 aliphatic heterocycles. The highest BCUT2D eigenvalue weighted by molar-refractivity contribution is 7.09. The van der Waals surface area contributed by atoms with Gasteiger partial charge in [0.25, 0.3) is 5.69 Å². The monoisotopic (exact) mass is 370 g/mol. The molecule has 134 valence electrons. The average molecular weight is 370 g/mol. The Balaban J connectivity index is 1.63. The lowest BCUT2D eigenvalue weighted by Gasteiger charge is -2.11. The maximum absolute atomic E-state index is 10.7. The fourth-order valence-corrected chi connectivity index (χ4v) is 2.88. The van der Waals surface area contributed by atoms with Gasteiger partial charge in [-0.1, -0.05) is 18.2 Å². The van der Waals surface area contributed by atoms with E-state index in [1.807, 2.05) is 23.6 Å². The first kappa shape index (κ1) is 17.7. The molecule has 8 heteroatoms. The van der Waals surface area contributed by atoms with Gasteiger partial charge in [-0.25, -0.2) is 4.99 Å². The number of nitrogens with zero attached hydrogens (tertiary/aromatic N) is 2. The zero-order valence-electron chi connectivity index (χ0n) is 13.9. The van der Waals surface area contributed by atoms with Crippen LogP contribution in [0.1, 0.15) is 16.2 Å². The van der Waals surface area contributed by atoms with E-state index in [-0.39, 0.29) is 5.69 Å². The number of guanidine groups is 1. The highest BCUT2D eigenvalue weighted by Crippen LogP contribution is 2.12. The van der Waals surface area contributed by atoms with Gasteiger partial charge in [0.2, 0.25) is 0 Å². The molecule has 0 fully saturated rings. The van der Waals surface area contributed by atoms with Crippen LogP contribution >= 0.6 is 11.3 Å². The summed E-state index contributed by atoms with van der Waals surface area (Å²) < 4.78 is 5.33. The molecule has 0 radical (unpaired) electrons. The van der Waals surface area contributed by atoms with Gasteiger partial charge >= 0.3 is 0 Å². The Kier molecular flexibility index (Phi) is 6.00. The smallest absolute Gasteiger partial charge is 0.269 e. The van der Waals surface area contributed by atoms with Crippen LogP contribution in [-0.2, 0) is 19.6 Å². The van der Waals surface area contributed by atoms with Crippen LogP contribution in [0.4, 0.5) is 5.69 Å². The Morgan fingerprint density at radius 1 is 1.12 bits per heavy atom. The molecule has 3 aromatic rings. The summed E-state index contributed by atoms with van der Waals surface area (Å²) in [6.45, 7) is 1.60. The lowest BCUT2D eigenvalue weighted by molar-refractivity contribution is -0.384. The second-order valence-corrected chi connectivity index (χ2v) is 6.49. The van der Waals surface area contributed by atoms with Crippen molar-refractivity contribution in [2.75, 3.05) is 0 Å². The number of nitro benzene ring substituents is 1. The minimum atomic E-state index is -0.411. The van der Waals surface area contributed by atoms with Gasteiger partial charge in [-0.15, -0.1) is 11.3 Å². The van der Waals surface area contributed by atoms with Gasteiger partial charge < -0.3 is 15.1 Å². The van der Waals surface area contributed by atoms with Gasteiger partial charge in [0.15, 0.2) is 5.96 Å². The topological polar surface area (TPSA) is 92.7 Å². The Bertz CT molecular complexity index is 803. The summed E-state index contributed by atoms with van der Waals surface area (Å²) >= 11 is 1.67. The van der Waals surface area contributed by atoms with Crippen LogP contribution in [0.3, 0.4) is 0 Å². The summed E-state index contributed by atoms with van der Waals surface area (Å²) in [6, 6.07) is 14.2.